The van der Waals surface area contributed by atoms with Crippen molar-refractivity contribution in [3.63, 3.8) is 0 Å². The van der Waals surface area contributed by atoms with Crippen molar-refractivity contribution < 1.29 is 0 Å². The van der Waals surface area contributed by atoms with E-state index in [-0.39, 0.29) is 0 Å². The van der Waals surface area contributed by atoms with E-state index in [2.05, 4.69) is 36.0 Å². The van der Waals surface area contributed by atoms with E-state index < -0.39 is 0 Å². The molecule has 1 aromatic rings. The Morgan fingerprint density at radius 1 is 1.18 bits per heavy atom. The lowest BCUT2D eigenvalue weighted by Gasteiger charge is -2.04. The molecule has 0 bridgehead atoms. The summed E-state index contributed by atoms with van der Waals surface area (Å²) < 4.78 is 0. The molecule has 1 radical (unpaired) electrons. The second-order valence-corrected chi connectivity index (χ2v) is 2.86. The molecule has 0 amide bonds. The topological polar surface area (TPSA) is 12.0 Å². The van der Waals surface area contributed by atoms with Crippen LogP contribution in [0.4, 0.5) is 5.69 Å². The molecule has 1 aliphatic rings. The van der Waals surface area contributed by atoms with Gasteiger partial charge in [-0.15, -0.1) is 0 Å². The predicted octanol–water partition coefficient (Wildman–Crippen LogP) is 2.44. The van der Waals surface area contributed by atoms with Gasteiger partial charge in [0.1, 0.15) is 0 Å². The van der Waals surface area contributed by atoms with Gasteiger partial charge in [0.25, 0.3) is 0 Å². The Bertz CT molecular complexity index is 217. The van der Waals surface area contributed by atoms with Crippen molar-refractivity contribution in [3.8, 4) is 0 Å². The van der Waals surface area contributed by atoms with Crippen molar-refractivity contribution in [3.05, 3.63) is 36.2 Å². The highest BCUT2D eigenvalue weighted by atomic mass is 14.9. The molecular formula is C10H12N. The monoisotopic (exact) mass is 146 g/mol. The van der Waals surface area contributed by atoms with Crippen LogP contribution < -0.4 is 5.32 Å². The highest BCUT2D eigenvalue weighted by Gasteiger charge is 2.04. The zero-order valence-electron chi connectivity index (χ0n) is 6.51. The van der Waals surface area contributed by atoms with Crippen LogP contribution in [0.3, 0.4) is 0 Å². The molecule has 1 N–H and O–H groups in total. The van der Waals surface area contributed by atoms with Crippen molar-refractivity contribution in [1.29, 1.82) is 0 Å². The molecule has 0 spiro atoms. The van der Waals surface area contributed by atoms with Crippen molar-refractivity contribution in [2.45, 2.75) is 12.8 Å². The molecule has 0 fully saturated rings. The van der Waals surface area contributed by atoms with Gasteiger partial charge in [-0.3, -0.25) is 0 Å². The third-order valence-electron chi connectivity index (χ3n) is 2.02. The van der Waals surface area contributed by atoms with E-state index in [0.717, 1.165) is 6.54 Å². The summed E-state index contributed by atoms with van der Waals surface area (Å²) in [6.45, 7) is 1.10. The Kier molecular flexibility index (Phi) is 1.80. The molecule has 1 heterocycles. The maximum Gasteiger partial charge on any atom is 0.0375 e. The summed E-state index contributed by atoms with van der Waals surface area (Å²) in [6.07, 6.45) is 4.74. The van der Waals surface area contributed by atoms with Gasteiger partial charge in [0, 0.05) is 12.2 Å². The van der Waals surface area contributed by atoms with Crippen LogP contribution in [0, 0.1) is 6.42 Å². The van der Waals surface area contributed by atoms with Gasteiger partial charge in [0.2, 0.25) is 0 Å². The molecule has 1 nitrogen and oxygen atoms in total. The van der Waals surface area contributed by atoms with Crippen molar-refractivity contribution in [2.24, 2.45) is 0 Å². The van der Waals surface area contributed by atoms with E-state index in [9.17, 15) is 0 Å². The Morgan fingerprint density at radius 2 is 2.09 bits per heavy atom. The van der Waals surface area contributed by atoms with E-state index in [1.807, 2.05) is 0 Å². The second kappa shape index (κ2) is 2.95. The highest BCUT2D eigenvalue weighted by molar-refractivity contribution is 5.55. The maximum atomic E-state index is 3.39. The lowest BCUT2D eigenvalue weighted by Crippen LogP contribution is -1.98. The summed E-state index contributed by atoms with van der Waals surface area (Å²) in [5, 5.41) is 3.39. The zero-order valence-corrected chi connectivity index (χ0v) is 6.51. The third-order valence-corrected chi connectivity index (χ3v) is 2.02. The first-order valence-corrected chi connectivity index (χ1v) is 4.13. The summed E-state index contributed by atoms with van der Waals surface area (Å²) in [5.41, 5.74) is 2.63. The Morgan fingerprint density at radius 3 is 3.09 bits per heavy atom. The average Bonchev–Trinajstić information content (AvgIpc) is 2.28. The number of anilines is 1. The Labute approximate surface area is 67.4 Å². The molecule has 57 valence electrons. The minimum absolute atomic E-state index is 1.10. The first kappa shape index (κ1) is 6.71. The van der Waals surface area contributed by atoms with Gasteiger partial charge in [-0.05, 0) is 30.9 Å². The van der Waals surface area contributed by atoms with E-state index in [4.69, 9.17) is 0 Å². The zero-order chi connectivity index (χ0) is 7.52. The molecule has 11 heavy (non-hydrogen) atoms. The number of fused-ring (bicyclic) bond motifs is 1. The summed E-state index contributed by atoms with van der Waals surface area (Å²) in [4.78, 5) is 0. The molecule has 2 rings (SSSR count). The highest BCUT2D eigenvalue weighted by Crippen LogP contribution is 2.21. The molecule has 0 saturated heterocycles. The van der Waals surface area contributed by atoms with E-state index in [1.54, 1.807) is 0 Å². The first-order valence-electron chi connectivity index (χ1n) is 4.13. The Hall–Kier alpha value is -0.980. The normalized spacial score (nSPS) is 16.4. The van der Waals surface area contributed by atoms with Crippen LogP contribution in [0.25, 0.3) is 0 Å². The minimum Gasteiger partial charge on any atom is -0.385 e. The molecule has 0 aromatic heterocycles. The van der Waals surface area contributed by atoms with Gasteiger partial charge >= 0.3 is 0 Å². The standard InChI is InChI=1S/C10H12N/c1-2-7-10-9(5-1)6-3-4-8-11-10/h1-2,5-7,11H,3-4,8H2. The number of rotatable bonds is 0. The van der Waals surface area contributed by atoms with E-state index >= 15 is 0 Å². The second-order valence-electron chi connectivity index (χ2n) is 2.86. The molecule has 0 aliphatic carbocycles. The first-order chi connectivity index (χ1) is 5.47. The molecular weight excluding hydrogens is 134 g/mol. The van der Waals surface area contributed by atoms with Crippen LogP contribution in [0.2, 0.25) is 0 Å². The van der Waals surface area contributed by atoms with E-state index in [0.29, 0.717) is 0 Å². The lowest BCUT2D eigenvalue weighted by molar-refractivity contribution is 0.877. The van der Waals surface area contributed by atoms with Crippen LogP contribution in [-0.2, 0) is 0 Å². The van der Waals surface area contributed by atoms with Crippen LogP contribution in [-0.4, -0.2) is 6.54 Å². The van der Waals surface area contributed by atoms with Crippen LogP contribution in [0.1, 0.15) is 18.4 Å². The average molecular weight is 146 g/mol. The molecule has 1 aliphatic heterocycles. The van der Waals surface area contributed by atoms with Gasteiger partial charge in [-0.2, -0.15) is 0 Å². The number of hydrogen-bond acceptors (Lipinski definition) is 1. The van der Waals surface area contributed by atoms with Crippen LogP contribution in [0.15, 0.2) is 24.3 Å². The molecule has 1 aromatic carbocycles. The van der Waals surface area contributed by atoms with Gasteiger partial charge in [-0.25, -0.2) is 0 Å². The smallest absolute Gasteiger partial charge is 0.0375 e. The van der Waals surface area contributed by atoms with Crippen molar-refractivity contribution in [1.82, 2.24) is 0 Å². The molecule has 0 saturated carbocycles. The quantitative estimate of drug-likeness (QED) is 0.592. The third kappa shape index (κ3) is 1.37. The number of para-hydroxylation sites is 1. The largest absolute Gasteiger partial charge is 0.385 e. The fourth-order valence-electron chi connectivity index (χ4n) is 1.42. The van der Waals surface area contributed by atoms with Gasteiger partial charge < -0.3 is 5.32 Å². The number of nitrogens with one attached hydrogen (secondary N) is 1. The summed E-state index contributed by atoms with van der Waals surface area (Å²) in [7, 11) is 0. The van der Waals surface area contributed by atoms with Gasteiger partial charge in [0.15, 0.2) is 0 Å². The van der Waals surface area contributed by atoms with Crippen molar-refractivity contribution in [2.75, 3.05) is 11.9 Å². The van der Waals surface area contributed by atoms with Gasteiger partial charge in [0.05, 0.1) is 0 Å². The molecule has 0 unspecified atom stereocenters. The van der Waals surface area contributed by atoms with Crippen LogP contribution >= 0.6 is 0 Å². The maximum absolute atomic E-state index is 3.39. The SMILES string of the molecule is [CH]1CCCNc2ccccc21. The fraction of sp³-hybridized carbons (Fsp3) is 0.300. The fourth-order valence-corrected chi connectivity index (χ4v) is 1.42. The molecule has 0 atom stereocenters. The van der Waals surface area contributed by atoms with E-state index in [1.165, 1.54) is 24.1 Å². The summed E-state index contributed by atoms with van der Waals surface area (Å²) in [6, 6.07) is 8.46. The number of hydrogen-bond donors (Lipinski definition) is 1. The van der Waals surface area contributed by atoms with Crippen LogP contribution in [0.5, 0.6) is 0 Å². The Balaban J connectivity index is 2.33. The minimum atomic E-state index is 1.10. The van der Waals surface area contributed by atoms with Crippen molar-refractivity contribution >= 4 is 5.69 Å². The summed E-state index contributed by atoms with van der Waals surface area (Å²) >= 11 is 0. The van der Waals surface area contributed by atoms with Gasteiger partial charge in [-0.1, -0.05) is 18.2 Å². The predicted molar refractivity (Wildman–Crippen MR) is 47.6 cm³/mol. The lowest BCUT2D eigenvalue weighted by atomic mass is 10.1. The molecule has 1 heteroatoms. The number of benzene rings is 1. The summed E-state index contributed by atoms with van der Waals surface area (Å²) in [5.74, 6) is 0.